The Morgan fingerprint density at radius 3 is 2.50 bits per heavy atom. The van der Waals surface area contributed by atoms with Crippen LogP contribution >= 0.6 is 0 Å². The zero-order valence-corrected chi connectivity index (χ0v) is 12.0. The lowest BCUT2D eigenvalue weighted by atomic mass is 9.97. The van der Waals surface area contributed by atoms with Crippen LogP contribution in [0, 0.1) is 10.1 Å². The molecule has 0 aliphatic carbocycles. The summed E-state index contributed by atoms with van der Waals surface area (Å²) in [5.41, 5.74) is 1.42. The van der Waals surface area contributed by atoms with Gasteiger partial charge in [-0.25, -0.2) is 0 Å². The van der Waals surface area contributed by atoms with Crippen LogP contribution < -0.4 is 0 Å². The highest BCUT2D eigenvalue weighted by Crippen LogP contribution is 2.18. The molecule has 0 bridgehead atoms. The van der Waals surface area contributed by atoms with Gasteiger partial charge in [0.05, 0.1) is 0 Å². The molecular formula is C16H21NO3. The van der Waals surface area contributed by atoms with Gasteiger partial charge in [0, 0.05) is 23.3 Å². The van der Waals surface area contributed by atoms with Crippen molar-refractivity contribution in [1.29, 1.82) is 0 Å². The molecule has 4 heteroatoms. The average Bonchev–Trinajstić information content (AvgIpc) is 2.42. The molecule has 4 nitrogen and oxygen atoms in total. The van der Waals surface area contributed by atoms with Crippen LogP contribution in [0.5, 0.6) is 0 Å². The second-order valence-corrected chi connectivity index (χ2v) is 4.92. The van der Waals surface area contributed by atoms with Crippen molar-refractivity contribution in [2.24, 2.45) is 0 Å². The molecule has 0 amide bonds. The van der Waals surface area contributed by atoms with Crippen molar-refractivity contribution in [3.8, 4) is 0 Å². The third-order valence-electron chi connectivity index (χ3n) is 3.24. The number of carbonyl (C=O) groups is 1. The average molecular weight is 275 g/mol. The van der Waals surface area contributed by atoms with E-state index in [1.165, 1.54) is 6.92 Å². The maximum Gasteiger partial charge on any atom is 0.217 e. The molecule has 0 N–H and O–H groups in total. The van der Waals surface area contributed by atoms with E-state index in [1.54, 1.807) is 6.08 Å². The van der Waals surface area contributed by atoms with E-state index in [1.807, 2.05) is 37.3 Å². The molecule has 0 spiro atoms. The first-order valence-electron chi connectivity index (χ1n) is 6.94. The van der Waals surface area contributed by atoms with Crippen LogP contribution in [0.25, 0.3) is 6.08 Å². The largest absolute Gasteiger partial charge is 0.295 e. The molecule has 1 aromatic rings. The lowest BCUT2D eigenvalue weighted by Crippen LogP contribution is -2.21. The molecule has 1 unspecified atom stereocenters. The van der Waals surface area contributed by atoms with Gasteiger partial charge in [-0.15, -0.1) is 0 Å². The molecule has 0 aromatic heterocycles. The Morgan fingerprint density at radius 2 is 2.00 bits per heavy atom. The lowest BCUT2D eigenvalue weighted by molar-refractivity contribution is -0.522. The van der Waals surface area contributed by atoms with Gasteiger partial charge in [-0.2, -0.15) is 0 Å². The summed E-state index contributed by atoms with van der Waals surface area (Å²) in [5.74, 6) is -0.0998. The normalized spacial score (nSPS) is 13.0. The minimum atomic E-state index is -0.672. The zero-order valence-electron chi connectivity index (χ0n) is 12.0. The zero-order chi connectivity index (χ0) is 15.0. The first-order valence-corrected chi connectivity index (χ1v) is 6.94. The molecular weight excluding hydrogens is 254 g/mol. The number of nitrogens with zero attached hydrogens (tertiary/aromatic N) is 1. The fourth-order valence-electron chi connectivity index (χ4n) is 2.03. The number of Topliss-reactive ketones (excluding diaryl/α,β-unsaturated/α-hetero) is 1. The Bertz CT molecular complexity index is 480. The summed E-state index contributed by atoms with van der Waals surface area (Å²) in [4.78, 5) is 22.5. The molecule has 0 heterocycles. The highest BCUT2D eigenvalue weighted by Gasteiger charge is 2.22. The van der Waals surface area contributed by atoms with Crippen molar-refractivity contribution in [2.75, 3.05) is 0 Å². The van der Waals surface area contributed by atoms with E-state index in [4.69, 9.17) is 0 Å². The summed E-state index contributed by atoms with van der Waals surface area (Å²) >= 11 is 0. The van der Waals surface area contributed by atoms with Gasteiger partial charge < -0.3 is 0 Å². The third-order valence-corrected chi connectivity index (χ3v) is 3.24. The van der Waals surface area contributed by atoms with Crippen LogP contribution in [-0.2, 0) is 4.79 Å². The Morgan fingerprint density at radius 1 is 1.35 bits per heavy atom. The molecule has 1 aromatic carbocycles. The molecule has 1 rings (SSSR count). The Hall–Kier alpha value is -1.97. The van der Waals surface area contributed by atoms with Gasteiger partial charge in [0.2, 0.25) is 6.04 Å². The maximum atomic E-state index is 11.7. The van der Waals surface area contributed by atoms with Crippen LogP contribution in [-0.4, -0.2) is 16.7 Å². The number of nitro groups is 1. The molecule has 0 saturated heterocycles. The number of rotatable bonds is 8. The van der Waals surface area contributed by atoms with Gasteiger partial charge >= 0.3 is 0 Å². The quantitative estimate of drug-likeness (QED) is 0.411. The molecule has 0 saturated carbocycles. The van der Waals surface area contributed by atoms with E-state index in [0.717, 1.165) is 18.4 Å². The second kappa shape index (κ2) is 8.25. The number of hydrogen-bond donors (Lipinski definition) is 0. The number of benzene rings is 1. The molecule has 108 valence electrons. The van der Waals surface area contributed by atoms with Crippen molar-refractivity contribution in [3.05, 3.63) is 51.6 Å². The van der Waals surface area contributed by atoms with Crippen LogP contribution in [0.2, 0.25) is 0 Å². The van der Waals surface area contributed by atoms with Crippen molar-refractivity contribution < 1.29 is 9.72 Å². The molecule has 0 aliphatic rings. The molecule has 0 radical (unpaired) electrons. The standard InChI is InChI=1S/C16H21NO3/c1-3-4-10-16(17(19)20)12-15(13(2)18)11-14-8-6-5-7-9-14/h5-9,11,16H,3-4,10,12H2,1-2H3/b15-11-. The fourth-order valence-corrected chi connectivity index (χ4v) is 2.03. The maximum absolute atomic E-state index is 11.7. The van der Waals surface area contributed by atoms with E-state index in [-0.39, 0.29) is 17.1 Å². The molecule has 0 fully saturated rings. The van der Waals surface area contributed by atoms with Crippen molar-refractivity contribution in [1.82, 2.24) is 0 Å². The smallest absolute Gasteiger partial charge is 0.217 e. The van der Waals surface area contributed by atoms with E-state index in [2.05, 4.69) is 0 Å². The minimum absolute atomic E-state index is 0.0998. The number of unbranched alkanes of at least 4 members (excludes halogenated alkanes) is 1. The van der Waals surface area contributed by atoms with Crippen molar-refractivity contribution in [2.45, 2.75) is 45.6 Å². The predicted molar refractivity (Wildman–Crippen MR) is 80.0 cm³/mol. The predicted octanol–water partition coefficient (Wildman–Crippen LogP) is 3.88. The van der Waals surface area contributed by atoms with E-state index >= 15 is 0 Å². The van der Waals surface area contributed by atoms with Crippen molar-refractivity contribution in [3.63, 3.8) is 0 Å². The summed E-state index contributed by atoms with van der Waals surface area (Å²) < 4.78 is 0. The van der Waals surface area contributed by atoms with Gasteiger partial charge in [0.15, 0.2) is 5.78 Å². The summed E-state index contributed by atoms with van der Waals surface area (Å²) in [6, 6.07) is 8.75. The summed E-state index contributed by atoms with van der Waals surface area (Å²) in [7, 11) is 0. The van der Waals surface area contributed by atoms with Gasteiger partial charge in [0.1, 0.15) is 0 Å². The molecule has 20 heavy (non-hydrogen) atoms. The van der Waals surface area contributed by atoms with Gasteiger partial charge in [-0.05, 0) is 25.0 Å². The molecule has 1 atom stereocenters. The summed E-state index contributed by atoms with van der Waals surface area (Å²) in [6.07, 6.45) is 4.20. The number of carbonyl (C=O) groups excluding carboxylic acids is 1. The van der Waals surface area contributed by atoms with Crippen LogP contribution in [0.15, 0.2) is 35.9 Å². The topological polar surface area (TPSA) is 60.2 Å². The Labute approximate surface area is 119 Å². The minimum Gasteiger partial charge on any atom is -0.295 e. The Kier molecular flexibility index (Phi) is 6.64. The highest BCUT2D eigenvalue weighted by molar-refractivity contribution is 5.97. The van der Waals surface area contributed by atoms with Crippen LogP contribution in [0.3, 0.4) is 0 Å². The second-order valence-electron chi connectivity index (χ2n) is 4.92. The van der Waals surface area contributed by atoms with E-state index in [9.17, 15) is 14.9 Å². The van der Waals surface area contributed by atoms with Crippen molar-refractivity contribution >= 4 is 11.9 Å². The SMILES string of the molecule is CCCCC(C/C(=C/c1ccccc1)C(C)=O)[N+](=O)[O-]. The fraction of sp³-hybridized carbons (Fsp3) is 0.438. The number of hydrogen-bond acceptors (Lipinski definition) is 3. The lowest BCUT2D eigenvalue weighted by Gasteiger charge is -2.10. The van der Waals surface area contributed by atoms with Crippen LogP contribution in [0.4, 0.5) is 0 Å². The van der Waals surface area contributed by atoms with Gasteiger partial charge in [0.25, 0.3) is 0 Å². The van der Waals surface area contributed by atoms with Gasteiger partial charge in [-0.1, -0.05) is 43.7 Å². The van der Waals surface area contributed by atoms with E-state index in [0.29, 0.717) is 12.0 Å². The Balaban J connectivity index is 2.88. The monoisotopic (exact) mass is 275 g/mol. The van der Waals surface area contributed by atoms with Crippen LogP contribution in [0.1, 0.15) is 45.1 Å². The summed E-state index contributed by atoms with van der Waals surface area (Å²) in [5, 5.41) is 11.1. The summed E-state index contributed by atoms with van der Waals surface area (Å²) in [6.45, 7) is 3.47. The first kappa shape index (κ1) is 16.1. The van der Waals surface area contributed by atoms with E-state index < -0.39 is 6.04 Å². The first-order chi connectivity index (χ1) is 9.54. The third kappa shape index (κ3) is 5.34. The molecule has 0 aliphatic heterocycles. The highest BCUT2D eigenvalue weighted by atomic mass is 16.6. The number of ketones is 1. The van der Waals surface area contributed by atoms with Gasteiger partial charge in [-0.3, -0.25) is 14.9 Å².